The molecule has 6 nitrogen and oxygen atoms in total. The molecular formula is C23H30N2O4. The van der Waals surface area contributed by atoms with E-state index in [1.807, 2.05) is 30.3 Å². The van der Waals surface area contributed by atoms with Crippen LogP contribution in [-0.2, 0) is 4.84 Å². The van der Waals surface area contributed by atoms with Gasteiger partial charge in [0.15, 0.2) is 11.5 Å². The van der Waals surface area contributed by atoms with E-state index < -0.39 is 0 Å². The Balaban J connectivity index is 1.84. The van der Waals surface area contributed by atoms with Gasteiger partial charge in [-0.05, 0) is 57.3 Å². The number of ether oxygens (including phenoxy) is 3. The zero-order chi connectivity index (χ0) is 20.8. The molecule has 1 aliphatic rings. The third-order valence-corrected chi connectivity index (χ3v) is 4.89. The molecule has 156 valence electrons. The molecule has 0 bridgehead atoms. The second kappa shape index (κ2) is 9.65. The summed E-state index contributed by atoms with van der Waals surface area (Å²) in [6.45, 7) is 3.62. The number of nitrogens with zero attached hydrogens (tertiary/aromatic N) is 2. The lowest BCUT2D eigenvalue weighted by atomic mass is 9.94. The summed E-state index contributed by atoms with van der Waals surface area (Å²) in [5, 5.41) is 4.48. The Morgan fingerprint density at radius 1 is 1.07 bits per heavy atom. The van der Waals surface area contributed by atoms with Crippen LogP contribution < -0.4 is 14.2 Å². The highest BCUT2D eigenvalue weighted by atomic mass is 16.6. The van der Waals surface area contributed by atoms with Gasteiger partial charge in [-0.25, -0.2) is 0 Å². The minimum atomic E-state index is -0.172. The van der Waals surface area contributed by atoms with Gasteiger partial charge in [0, 0.05) is 18.5 Å². The maximum atomic E-state index is 6.30. The Kier molecular flexibility index (Phi) is 6.99. The van der Waals surface area contributed by atoms with Crippen molar-refractivity contribution in [2.75, 3.05) is 41.5 Å². The van der Waals surface area contributed by atoms with Crippen LogP contribution in [0.4, 0.5) is 0 Å². The van der Waals surface area contributed by atoms with E-state index in [1.165, 1.54) is 0 Å². The van der Waals surface area contributed by atoms with Gasteiger partial charge in [0.25, 0.3) is 0 Å². The van der Waals surface area contributed by atoms with Crippen LogP contribution >= 0.6 is 0 Å². The molecule has 0 aliphatic carbocycles. The number of aryl methyl sites for hydroxylation is 1. The molecule has 0 saturated carbocycles. The second-order valence-corrected chi connectivity index (χ2v) is 7.45. The fourth-order valence-corrected chi connectivity index (χ4v) is 3.35. The summed E-state index contributed by atoms with van der Waals surface area (Å²) in [5.74, 6) is 2.19. The van der Waals surface area contributed by atoms with E-state index in [4.69, 9.17) is 19.0 Å². The zero-order valence-corrected chi connectivity index (χ0v) is 17.9. The maximum Gasteiger partial charge on any atom is 0.161 e. The number of fused-ring (bicyclic) bond motifs is 1. The standard InChI is InChI=1S/C23H30N2O4/c1-16-7-9-20-18(13-16)19(24-28-12-6-11-25(2)3)15-22(29-20)17-8-10-21(26-4)23(14-17)27-5/h7-10,13-14,22H,6,11-12,15H2,1-5H3/b24-19+. The first-order valence-electron chi connectivity index (χ1n) is 9.85. The van der Waals surface area contributed by atoms with E-state index in [0.717, 1.165) is 41.1 Å². The fourth-order valence-electron chi connectivity index (χ4n) is 3.35. The van der Waals surface area contributed by atoms with Crippen molar-refractivity contribution in [2.45, 2.75) is 25.9 Å². The molecule has 2 aromatic rings. The molecule has 0 amide bonds. The quantitative estimate of drug-likeness (QED) is 0.493. The highest BCUT2D eigenvalue weighted by Crippen LogP contribution is 2.38. The van der Waals surface area contributed by atoms with Gasteiger partial charge in [-0.1, -0.05) is 22.9 Å². The molecule has 1 unspecified atom stereocenters. The van der Waals surface area contributed by atoms with Crippen LogP contribution in [0.25, 0.3) is 0 Å². The van der Waals surface area contributed by atoms with Crippen LogP contribution in [0.3, 0.4) is 0 Å². The van der Waals surface area contributed by atoms with E-state index in [0.29, 0.717) is 24.5 Å². The molecule has 29 heavy (non-hydrogen) atoms. The second-order valence-electron chi connectivity index (χ2n) is 7.45. The summed E-state index contributed by atoms with van der Waals surface area (Å²) in [7, 11) is 7.37. The van der Waals surface area contributed by atoms with E-state index >= 15 is 0 Å². The molecule has 0 N–H and O–H groups in total. The lowest BCUT2D eigenvalue weighted by Gasteiger charge is -2.28. The molecule has 0 saturated heterocycles. The monoisotopic (exact) mass is 398 g/mol. The SMILES string of the molecule is COc1ccc(C2C/C(=N\OCCCN(C)C)c3cc(C)ccc3O2)cc1OC. The van der Waals surface area contributed by atoms with Crippen molar-refractivity contribution in [1.82, 2.24) is 4.90 Å². The van der Waals surface area contributed by atoms with Gasteiger partial charge in [0.05, 0.1) is 19.9 Å². The lowest BCUT2D eigenvalue weighted by Crippen LogP contribution is -2.22. The molecule has 6 heteroatoms. The van der Waals surface area contributed by atoms with Crippen molar-refractivity contribution >= 4 is 5.71 Å². The van der Waals surface area contributed by atoms with Gasteiger partial charge in [-0.15, -0.1) is 0 Å². The normalized spacial score (nSPS) is 17.0. The van der Waals surface area contributed by atoms with Crippen molar-refractivity contribution in [3.8, 4) is 17.2 Å². The zero-order valence-electron chi connectivity index (χ0n) is 17.9. The van der Waals surface area contributed by atoms with Gasteiger partial charge in [-0.3, -0.25) is 0 Å². The van der Waals surface area contributed by atoms with E-state index in [2.05, 4.69) is 37.1 Å². The van der Waals surface area contributed by atoms with Gasteiger partial charge in [0.1, 0.15) is 18.5 Å². The summed E-state index contributed by atoms with van der Waals surface area (Å²) in [6, 6.07) is 12.0. The smallest absolute Gasteiger partial charge is 0.161 e. The first-order chi connectivity index (χ1) is 14.0. The topological polar surface area (TPSA) is 52.5 Å². The van der Waals surface area contributed by atoms with Crippen molar-refractivity contribution in [3.63, 3.8) is 0 Å². The highest BCUT2D eigenvalue weighted by Gasteiger charge is 2.27. The predicted molar refractivity (Wildman–Crippen MR) is 114 cm³/mol. The predicted octanol–water partition coefficient (Wildman–Crippen LogP) is 4.21. The minimum Gasteiger partial charge on any atom is -0.493 e. The van der Waals surface area contributed by atoms with Crippen LogP contribution in [0.5, 0.6) is 17.2 Å². The summed E-state index contributed by atoms with van der Waals surface area (Å²) in [4.78, 5) is 7.78. The molecule has 1 atom stereocenters. The molecule has 3 rings (SSSR count). The molecular weight excluding hydrogens is 368 g/mol. The number of benzene rings is 2. The fraction of sp³-hybridized carbons (Fsp3) is 0.435. The summed E-state index contributed by atoms with van der Waals surface area (Å²) in [5.41, 5.74) is 4.07. The number of oxime groups is 1. The molecule has 0 aromatic heterocycles. The van der Waals surface area contributed by atoms with Gasteiger partial charge in [0.2, 0.25) is 0 Å². The first kappa shape index (κ1) is 21.0. The summed E-state index contributed by atoms with van der Waals surface area (Å²) >= 11 is 0. The maximum absolute atomic E-state index is 6.30. The largest absolute Gasteiger partial charge is 0.493 e. The first-order valence-corrected chi connectivity index (χ1v) is 9.85. The summed E-state index contributed by atoms with van der Waals surface area (Å²) in [6.07, 6.45) is 1.38. The Hall–Kier alpha value is -2.73. The average Bonchev–Trinajstić information content (AvgIpc) is 2.72. The van der Waals surface area contributed by atoms with Crippen LogP contribution in [0.15, 0.2) is 41.6 Å². The molecule has 2 aromatic carbocycles. The average molecular weight is 399 g/mol. The lowest BCUT2D eigenvalue weighted by molar-refractivity contribution is 0.131. The molecule has 0 radical (unpaired) electrons. The summed E-state index contributed by atoms with van der Waals surface area (Å²) < 4.78 is 17.1. The number of methoxy groups -OCH3 is 2. The molecule has 0 fully saturated rings. The molecule has 1 heterocycles. The Morgan fingerprint density at radius 3 is 2.59 bits per heavy atom. The van der Waals surface area contributed by atoms with E-state index in [-0.39, 0.29) is 6.10 Å². The van der Waals surface area contributed by atoms with Crippen molar-refractivity contribution in [1.29, 1.82) is 0 Å². The Bertz CT molecular complexity index is 864. The molecule has 0 spiro atoms. The number of hydrogen-bond donors (Lipinski definition) is 0. The van der Waals surface area contributed by atoms with Crippen LogP contribution in [-0.4, -0.2) is 52.1 Å². The Labute approximate surface area is 173 Å². The van der Waals surface area contributed by atoms with Crippen molar-refractivity contribution in [3.05, 3.63) is 53.1 Å². The van der Waals surface area contributed by atoms with Gasteiger partial charge in [-0.2, -0.15) is 0 Å². The van der Waals surface area contributed by atoms with Gasteiger partial charge >= 0.3 is 0 Å². The molecule has 1 aliphatic heterocycles. The third kappa shape index (κ3) is 5.21. The van der Waals surface area contributed by atoms with Crippen LogP contribution in [0.1, 0.15) is 35.6 Å². The van der Waals surface area contributed by atoms with E-state index in [1.54, 1.807) is 14.2 Å². The number of hydrogen-bond acceptors (Lipinski definition) is 6. The third-order valence-electron chi connectivity index (χ3n) is 4.89. The minimum absolute atomic E-state index is 0.172. The van der Waals surface area contributed by atoms with Crippen molar-refractivity contribution < 1.29 is 19.0 Å². The van der Waals surface area contributed by atoms with E-state index in [9.17, 15) is 0 Å². The Morgan fingerprint density at radius 2 is 1.86 bits per heavy atom. The van der Waals surface area contributed by atoms with Gasteiger partial charge < -0.3 is 23.9 Å². The van der Waals surface area contributed by atoms with Crippen LogP contribution in [0.2, 0.25) is 0 Å². The highest BCUT2D eigenvalue weighted by molar-refractivity contribution is 6.04. The van der Waals surface area contributed by atoms with Crippen LogP contribution in [0, 0.1) is 6.92 Å². The van der Waals surface area contributed by atoms with Crippen molar-refractivity contribution in [2.24, 2.45) is 5.16 Å². The number of rotatable bonds is 8.